The average molecular weight is 957 g/mol. The maximum absolute atomic E-state index is 14.0. The van der Waals surface area contributed by atoms with E-state index in [9.17, 15) is 24.0 Å². The minimum absolute atomic E-state index is 0.129. The van der Waals surface area contributed by atoms with E-state index in [-0.39, 0.29) is 37.3 Å². The SMILES string of the molecule is CCCCCCCCCCCCCCCC(=O)OC[C@H](CSC(C)(C)[C@@H](NC(=O)OC(C)(C)C)C(=O)N[C@@H](COC(C)(C)C)C(=O)OC)OC(=O)CCCCCCCCCCCCCCC. The number of nitrogens with one attached hydrogen (secondary N) is 2. The number of carbonyl (C=O) groups is 5. The molecule has 3 atom stereocenters. The lowest BCUT2D eigenvalue weighted by Gasteiger charge is -2.35. The molecule has 0 aromatic carbocycles. The molecule has 2 N–H and O–H groups in total. The Kier molecular flexibility index (Phi) is 36.9. The summed E-state index contributed by atoms with van der Waals surface area (Å²) in [5.41, 5.74) is -1.45. The van der Waals surface area contributed by atoms with Gasteiger partial charge in [0.15, 0.2) is 6.04 Å². The van der Waals surface area contributed by atoms with Crippen molar-refractivity contribution in [3.05, 3.63) is 0 Å². The Labute approximate surface area is 407 Å². The van der Waals surface area contributed by atoms with Gasteiger partial charge in [0.1, 0.15) is 24.4 Å². The van der Waals surface area contributed by atoms with Crippen molar-refractivity contribution in [2.75, 3.05) is 26.1 Å². The number of methoxy groups -OCH3 is 1. The molecule has 0 aliphatic heterocycles. The van der Waals surface area contributed by atoms with Gasteiger partial charge in [-0.15, -0.1) is 11.8 Å². The lowest BCUT2D eigenvalue weighted by Crippen LogP contribution is -2.60. The van der Waals surface area contributed by atoms with Gasteiger partial charge in [0.2, 0.25) is 5.91 Å². The second-order valence-corrected chi connectivity index (χ2v) is 22.5. The minimum Gasteiger partial charge on any atom is -0.467 e. The van der Waals surface area contributed by atoms with Gasteiger partial charge in [-0.2, -0.15) is 0 Å². The molecule has 388 valence electrons. The lowest BCUT2D eigenvalue weighted by atomic mass is 10.0. The highest BCUT2D eigenvalue weighted by Gasteiger charge is 2.41. The predicted molar refractivity (Wildman–Crippen MR) is 271 cm³/mol. The van der Waals surface area contributed by atoms with Crippen molar-refractivity contribution in [2.45, 2.75) is 283 Å². The van der Waals surface area contributed by atoms with Gasteiger partial charge >= 0.3 is 24.0 Å². The fraction of sp³-hybridized carbons (Fsp3) is 0.906. The molecule has 0 fully saturated rings. The second kappa shape index (κ2) is 38.3. The average Bonchev–Trinajstić information content (AvgIpc) is 3.24. The molecule has 0 aliphatic carbocycles. The normalized spacial score (nSPS) is 13.4. The van der Waals surface area contributed by atoms with Crippen LogP contribution in [-0.2, 0) is 42.9 Å². The van der Waals surface area contributed by atoms with Crippen LogP contribution in [0.4, 0.5) is 4.79 Å². The number of alkyl carbamates (subject to hydrolysis) is 1. The van der Waals surface area contributed by atoms with Crippen molar-refractivity contribution < 1.29 is 47.7 Å². The van der Waals surface area contributed by atoms with E-state index < -0.39 is 52.1 Å². The van der Waals surface area contributed by atoms with E-state index in [2.05, 4.69) is 24.5 Å². The predicted octanol–water partition coefficient (Wildman–Crippen LogP) is 13.3. The Bertz CT molecular complexity index is 1280. The summed E-state index contributed by atoms with van der Waals surface area (Å²) >= 11 is 1.27. The molecule has 12 nitrogen and oxygen atoms in total. The van der Waals surface area contributed by atoms with Crippen molar-refractivity contribution in [1.82, 2.24) is 10.6 Å². The quantitative estimate of drug-likeness (QED) is 0.0342. The Hall–Kier alpha value is -2.54. The molecule has 0 bridgehead atoms. The first kappa shape index (κ1) is 63.5. The van der Waals surface area contributed by atoms with E-state index in [0.29, 0.717) is 12.8 Å². The zero-order valence-electron chi connectivity index (χ0n) is 44.1. The number of carbonyl (C=O) groups excluding carboxylic acids is 5. The molecule has 0 aromatic heterocycles. The highest BCUT2D eigenvalue weighted by Crippen LogP contribution is 2.31. The van der Waals surface area contributed by atoms with E-state index in [4.69, 9.17) is 23.7 Å². The third kappa shape index (κ3) is 37.4. The number of esters is 3. The Morgan fingerprint density at radius 1 is 0.515 bits per heavy atom. The molecule has 2 amide bonds. The van der Waals surface area contributed by atoms with Crippen LogP contribution in [0.15, 0.2) is 0 Å². The molecule has 0 saturated carbocycles. The molecule has 0 rings (SSSR count). The van der Waals surface area contributed by atoms with Crippen LogP contribution in [0, 0.1) is 0 Å². The number of ether oxygens (including phenoxy) is 5. The molecule has 0 saturated heterocycles. The molecule has 0 radical (unpaired) electrons. The summed E-state index contributed by atoms with van der Waals surface area (Å²) in [6.07, 6.45) is 30.3. The molecule has 0 unspecified atom stereocenters. The van der Waals surface area contributed by atoms with E-state index >= 15 is 0 Å². The lowest BCUT2D eigenvalue weighted by molar-refractivity contribution is -0.157. The van der Waals surface area contributed by atoms with Gasteiger partial charge < -0.3 is 34.3 Å². The smallest absolute Gasteiger partial charge is 0.408 e. The van der Waals surface area contributed by atoms with Gasteiger partial charge in [-0.3, -0.25) is 14.4 Å². The Morgan fingerprint density at radius 2 is 0.924 bits per heavy atom. The van der Waals surface area contributed by atoms with Crippen LogP contribution in [0.2, 0.25) is 0 Å². The molecule has 0 aromatic rings. The maximum atomic E-state index is 14.0. The minimum atomic E-state index is -1.22. The van der Waals surface area contributed by atoms with Crippen LogP contribution >= 0.6 is 11.8 Å². The summed E-state index contributed by atoms with van der Waals surface area (Å²) in [5.74, 6) is -1.90. The zero-order valence-corrected chi connectivity index (χ0v) is 45.0. The van der Waals surface area contributed by atoms with Gasteiger partial charge in [-0.1, -0.05) is 168 Å². The molecule has 0 aliphatic rings. The van der Waals surface area contributed by atoms with E-state index in [1.54, 1.807) is 34.6 Å². The third-order valence-corrected chi connectivity index (χ3v) is 13.0. The van der Waals surface area contributed by atoms with E-state index in [1.807, 2.05) is 20.8 Å². The molecular weight excluding hydrogens is 857 g/mol. The maximum Gasteiger partial charge on any atom is 0.408 e. The van der Waals surface area contributed by atoms with Crippen LogP contribution in [-0.4, -0.2) is 90.1 Å². The fourth-order valence-electron chi connectivity index (χ4n) is 7.46. The first-order valence-electron chi connectivity index (χ1n) is 26.2. The zero-order chi connectivity index (χ0) is 49.7. The molecule has 0 heterocycles. The van der Waals surface area contributed by atoms with Crippen LogP contribution in [0.5, 0.6) is 0 Å². The van der Waals surface area contributed by atoms with Gasteiger partial charge in [0.25, 0.3) is 0 Å². The highest BCUT2D eigenvalue weighted by molar-refractivity contribution is 8.00. The van der Waals surface area contributed by atoms with Gasteiger partial charge in [0.05, 0.1) is 19.3 Å². The summed E-state index contributed by atoms with van der Waals surface area (Å²) < 4.78 is 26.9. The van der Waals surface area contributed by atoms with E-state index in [1.165, 1.54) is 141 Å². The number of hydrogen-bond acceptors (Lipinski definition) is 11. The summed E-state index contributed by atoms with van der Waals surface area (Å²) in [6.45, 7) is 18.4. The van der Waals surface area contributed by atoms with Crippen molar-refractivity contribution in [3.63, 3.8) is 0 Å². The highest BCUT2D eigenvalue weighted by atomic mass is 32.2. The summed E-state index contributed by atoms with van der Waals surface area (Å²) in [7, 11) is 1.22. The van der Waals surface area contributed by atoms with Crippen molar-refractivity contribution >= 4 is 41.7 Å². The van der Waals surface area contributed by atoms with Crippen LogP contribution in [0.25, 0.3) is 0 Å². The Balaban J connectivity index is 5.58. The largest absolute Gasteiger partial charge is 0.467 e. The van der Waals surface area contributed by atoms with Gasteiger partial charge in [0, 0.05) is 23.3 Å². The van der Waals surface area contributed by atoms with Gasteiger partial charge in [-0.05, 0) is 68.2 Å². The summed E-state index contributed by atoms with van der Waals surface area (Å²) in [5, 5.41) is 5.42. The Morgan fingerprint density at radius 3 is 1.32 bits per heavy atom. The second-order valence-electron chi connectivity index (χ2n) is 20.8. The van der Waals surface area contributed by atoms with E-state index in [0.717, 1.165) is 38.5 Å². The summed E-state index contributed by atoms with van der Waals surface area (Å²) in [6, 6.07) is -2.38. The van der Waals surface area contributed by atoms with Crippen molar-refractivity contribution in [1.29, 1.82) is 0 Å². The van der Waals surface area contributed by atoms with Gasteiger partial charge in [-0.25, -0.2) is 9.59 Å². The first-order chi connectivity index (χ1) is 31.2. The van der Waals surface area contributed by atoms with Crippen molar-refractivity contribution in [2.24, 2.45) is 0 Å². The summed E-state index contributed by atoms with van der Waals surface area (Å²) in [4.78, 5) is 66.1. The molecular formula is C53H100N2O10S. The standard InChI is InChI=1S/C53H100N2O10S/c1-12-14-16-18-20-22-24-26-28-30-32-34-36-38-45(56)62-40-43(64-46(57)39-37-35-33-31-29-27-25-23-21-19-17-15-13-2)42-66-53(9,10)47(55-50(60)65-52(6,7)8)48(58)54-44(49(59)61-11)41-63-51(3,4)5/h43-44,47H,12-42H2,1-11H3,(H,54,58)(H,55,60)/t43-,44+,47+/m1/s1. The number of hydrogen-bond donors (Lipinski definition) is 2. The molecule has 66 heavy (non-hydrogen) atoms. The molecule has 13 heteroatoms. The third-order valence-electron chi connectivity index (χ3n) is 11.4. The van der Waals surface area contributed by atoms with Crippen LogP contribution in [0.1, 0.15) is 249 Å². The topological polar surface area (TPSA) is 156 Å². The fourth-order valence-corrected chi connectivity index (χ4v) is 8.58. The van der Waals surface area contributed by atoms with Crippen LogP contribution < -0.4 is 10.6 Å². The van der Waals surface area contributed by atoms with Crippen LogP contribution in [0.3, 0.4) is 0 Å². The number of unbranched alkanes of at least 4 members (excludes halogenated alkanes) is 24. The number of thioether (sulfide) groups is 1. The number of rotatable bonds is 41. The molecule has 0 spiro atoms. The van der Waals surface area contributed by atoms with Crippen molar-refractivity contribution in [3.8, 4) is 0 Å². The monoisotopic (exact) mass is 957 g/mol. The number of amides is 2. The first-order valence-corrected chi connectivity index (χ1v) is 27.2.